The van der Waals surface area contributed by atoms with Gasteiger partial charge in [0.1, 0.15) is 5.25 Å². The average molecular weight is 310 g/mol. The number of hydrogen-bond acceptors (Lipinski definition) is 3. The first kappa shape index (κ1) is 19.7. The van der Waals surface area contributed by atoms with Crippen LogP contribution in [0.4, 0.5) is 8.78 Å². The van der Waals surface area contributed by atoms with Gasteiger partial charge < -0.3 is 4.74 Å². The summed E-state index contributed by atoms with van der Waals surface area (Å²) in [6.45, 7) is 4.53. The molecule has 1 unspecified atom stereocenters. The lowest BCUT2D eigenvalue weighted by atomic mass is 10.2. The van der Waals surface area contributed by atoms with E-state index in [1.54, 1.807) is 11.8 Å². The normalized spacial score (nSPS) is 12.7. The Morgan fingerprint density at radius 1 is 1.05 bits per heavy atom. The molecule has 0 fully saturated rings. The molecule has 0 aromatic rings. The van der Waals surface area contributed by atoms with Gasteiger partial charge in [-0.25, -0.2) is 8.78 Å². The molecule has 0 aliphatic carbocycles. The monoisotopic (exact) mass is 310 g/mol. The van der Waals surface area contributed by atoms with Crippen LogP contribution in [0.3, 0.4) is 0 Å². The molecule has 0 aliphatic rings. The number of unbranched alkanes of at least 4 members (excludes halogenated alkanes) is 3. The van der Waals surface area contributed by atoms with Crippen LogP contribution in [0.5, 0.6) is 0 Å². The topological polar surface area (TPSA) is 26.3 Å². The van der Waals surface area contributed by atoms with Crippen molar-refractivity contribution in [2.24, 2.45) is 0 Å². The van der Waals surface area contributed by atoms with Crippen molar-refractivity contribution in [1.82, 2.24) is 0 Å². The van der Waals surface area contributed by atoms with E-state index in [1.807, 2.05) is 6.92 Å². The predicted molar refractivity (Wildman–Crippen MR) is 81.5 cm³/mol. The zero-order valence-corrected chi connectivity index (χ0v) is 13.5. The van der Waals surface area contributed by atoms with Crippen LogP contribution >= 0.6 is 11.8 Å². The van der Waals surface area contributed by atoms with Crippen molar-refractivity contribution in [2.75, 3.05) is 12.4 Å². The summed E-state index contributed by atoms with van der Waals surface area (Å²) >= 11 is 1.65. The largest absolute Gasteiger partial charge is 0.465 e. The van der Waals surface area contributed by atoms with Crippen molar-refractivity contribution >= 4 is 17.7 Å². The highest BCUT2D eigenvalue weighted by molar-refractivity contribution is 8.00. The van der Waals surface area contributed by atoms with E-state index in [1.165, 1.54) is 0 Å². The molecule has 20 heavy (non-hydrogen) atoms. The lowest BCUT2D eigenvalue weighted by Gasteiger charge is -2.14. The SMILES string of the molecule is CCCOC(=O)C(CCC)SCCCCCCC(F)F. The van der Waals surface area contributed by atoms with E-state index < -0.39 is 6.43 Å². The van der Waals surface area contributed by atoms with E-state index in [0.717, 1.165) is 44.3 Å². The molecule has 0 bridgehead atoms. The van der Waals surface area contributed by atoms with Gasteiger partial charge in [-0.15, -0.1) is 11.8 Å². The van der Waals surface area contributed by atoms with Gasteiger partial charge in [0.15, 0.2) is 0 Å². The Morgan fingerprint density at radius 2 is 1.75 bits per heavy atom. The van der Waals surface area contributed by atoms with E-state index in [9.17, 15) is 13.6 Å². The number of thioether (sulfide) groups is 1. The summed E-state index contributed by atoms with van der Waals surface area (Å²) in [5, 5.41) is -0.0624. The lowest BCUT2D eigenvalue weighted by Crippen LogP contribution is -2.21. The van der Waals surface area contributed by atoms with Gasteiger partial charge in [-0.2, -0.15) is 0 Å². The third kappa shape index (κ3) is 11.5. The number of halogens is 2. The highest BCUT2D eigenvalue weighted by Crippen LogP contribution is 2.20. The van der Waals surface area contributed by atoms with Gasteiger partial charge in [0.2, 0.25) is 6.43 Å². The van der Waals surface area contributed by atoms with E-state index in [0.29, 0.717) is 13.0 Å². The van der Waals surface area contributed by atoms with Crippen molar-refractivity contribution in [3.05, 3.63) is 0 Å². The van der Waals surface area contributed by atoms with Gasteiger partial charge in [0.25, 0.3) is 0 Å². The maximum absolute atomic E-state index is 11.9. The molecule has 120 valence electrons. The fourth-order valence-electron chi connectivity index (χ4n) is 1.81. The van der Waals surface area contributed by atoms with Gasteiger partial charge in [-0.05, 0) is 31.4 Å². The summed E-state index contributed by atoms with van der Waals surface area (Å²) < 4.78 is 29.1. The quantitative estimate of drug-likeness (QED) is 0.351. The van der Waals surface area contributed by atoms with Crippen LogP contribution in [-0.2, 0) is 9.53 Å². The molecule has 0 rings (SSSR count). The van der Waals surface area contributed by atoms with E-state index in [2.05, 4.69) is 6.92 Å². The van der Waals surface area contributed by atoms with Crippen molar-refractivity contribution in [3.63, 3.8) is 0 Å². The summed E-state index contributed by atoms with van der Waals surface area (Å²) in [6.07, 6.45) is 3.88. The summed E-state index contributed by atoms with van der Waals surface area (Å²) in [7, 11) is 0. The maximum atomic E-state index is 11.9. The molecule has 0 aromatic carbocycles. The third-order valence-corrected chi connectivity index (χ3v) is 4.25. The zero-order valence-electron chi connectivity index (χ0n) is 12.7. The molecule has 2 nitrogen and oxygen atoms in total. The average Bonchev–Trinajstić information content (AvgIpc) is 2.42. The van der Waals surface area contributed by atoms with Gasteiger partial charge >= 0.3 is 5.97 Å². The van der Waals surface area contributed by atoms with Crippen LogP contribution in [0.25, 0.3) is 0 Å². The molecule has 0 spiro atoms. The van der Waals surface area contributed by atoms with Crippen molar-refractivity contribution in [1.29, 1.82) is 0 Å². The molecule has 0 saturated heterocycles. The van der Waals surface area contributed by atoms with Gasteiger partial charge in [0.05, 0.1) is 6.61 Å². The number of esters is 1. The predicted octanol–water partition coefficient (Wildman–Crippen LogP) is 5.06. The summed E-state index contributed by atoms with van der Waals surface area (Å²) in [5.41, 5.74) is 0. The highest BCUT2D eigenvalue weighted by Gasteiger charge is 2.18. The second-order valence-corrected chi connectivity index (χ2v) is 6.22. The minimum atomic E-state index is -2.17. The lowest BCUT2D eigenvalue weighted by molar-refractivity contribution is -0.143. The first-order valence-electron chi connectivity index (χ1n) is 7.68. The molecule has 0 amide bonds. The maximum Gasteiger partial charge on any atom is 0.319 e. The van der Waals surface area contributed by atoms with Crippen LogP contribution in [0.2, 0.25) is 0 Å². The van der Waals surface area contributed by atoms with Crippen molar-refractivity contribution in [2.45, 2.75) is 76.9 Å². The van der Waals surface area contributed by atoms with Gasteiger partial charge in [-0.1, -0.05) is 33.1 Å². The second-order valence-electron chi connectivity index (χ2n) is 4.91. The Labute approximate surface area is 126 Å². The van der Waals surface area contributed by atoms with E-state index >= 15 is 0 Å². The first-order chi connectivity index (χ1) is 9.61. The van der Waals surface area contributed by atoms with Gasteiger partial charge in [0, 0.05) is 6.42 Å². The number of ether oxygens (including phenoxy) is 1. The van der Waals surface area contributed by atoms with Crippen LogP contribution in [0.15, 0.2) is 0 Å². The Balaban J connectivity index is 3.67. The second kappa shape index (κ2) is 13.7. The molecule has 0 aromatic heterocycles. The Kier molecular flexibility index (Phi) is 13.4. The number of hydrogen-bond donors (Lipinski definition) is 0. The highest BCUT2D eigenvalue weighted by atomic mass is 32.2. The van der Waals surface area contributed by atoms with Crippen LogP contribution in [-0.4, -0.2) is 30.0 Å². The minimum Gasteiger partial charge on any atom is -0.465 e. The molecule has 0 heterocycles. The van der Waals surface area contributed by atoms with Crippen LogP contribution < -0.4 is 0 Å². The Morgan fingerprint density at radius 3 is 2.35 bits per heavy atom. The third-order valence-electron chi connectivity index (χ3n) is 2.90. The van der Waals surface area contributed by atoms with E-state index in [-0.39, 0.29) is 17.6 Å². The number of carbonyl (C=O) groups is 1. The zero-order chi connectivity index (χ0) is 15.2. The molecular formula is C15H28F2O2S. The number of rotatable bonds is 13. The van der Waals surface area contributed by atoms with Gasteiger partial charge in [-0.3, -0.25) is 4.79 Å². The Bertz CT molecular complexity index is 238. The van der Waals surface area contributed by atoms with Crippen molar-refractivity contribution < 1.29 is 18.3 Å². The Hall–Kier alpha value is -0.320. The smallest absolute Gasteiger partial charge is 0.319 e. The molecule has 0 radical (unpaired) electrons. The molecule has 0 N–H and O–H groups in total. The molecular weight excluding hydrogens is 282 g/mol. The molecule has 0 aliphatic heterocycles. The van der Waals surface area contributed by atoms with Crippen molar-refractivity contribution in [3.8, 4) is 0 Å². The van der Waals surface area contributed by atoms with E-state index in [4.69, 9.17) is 4.74 Å². The minimum absolute atomic E-state index is 0.00888. The molecule has 1 atom stereocenters. The first-order valence-corrected chi connectivity index (χ1v) is 8.73. The van der Waals surface area contributed by atoms with Crippen LogP contribution in [0, 0.1) is 0 Å². The molecule has 5 heteroatoms. The fourth-order valence-corrected chi connectivity index (χ4v) is 3.07. The summed E-state index contributed by atoms with van der Waals surface area (Å²) in [6, 6.07) is 0. The standard InChI is InChI=1S/C15H28F2O2S/c1-3-9-13(15(18)19-11-4-2)20-12-8-6-5-7-10-14(16)17/h13-14H,3-12H2,1-2H3. The number of carbonyl (C=O) groups excluding carboxylic acids is 1. The summed E-state index contributed by atoms with van der Waals surface area (Å²) in [5.74, 6) is 0.803. The number of alkyl halides is 2. The van der Waals surface area contributed by atoms with Crippen LogP contribution in [0.1, 0.15) is 65.2 Å². The summed E-state index contributed by atoms with van der Waals surface area (Å²) in [4.78, 5) is 11.8. The molecule has 0 saturated carbocycles. The fraction of sp³-hybridized carbons (Fsp3) is 0.933.